The summed E-state index contributed by atoms with van der Waals surface area (Å²) < 4.78 is 10.3. The molecule has 112 valence electrons. The van der Waals surface area contributed by atoms with Crippen LogP contribution in [-0.4, -0.2) is 39.3 Å². The molecule has 0 aliphatic rings. The summed E-state index contributed by atoms with van der Waals surface area (Å²) in [4.78, 5) is 11.5. The van der Waals surface area contributed by atoms with Gasteiger partial charge in [0.1, 0.15) is 5.75 Å². The minimum Gasteiger partial charge on any atom is -0.492 e. The average molecular weight is 281 g/mol. The number of ether oxygens (including phenoxy) is 2. The van der Waals surface area contributed by atoms with Gasteiger partial charge in [-0.25, -0.2) is 0 Å². The number of nitrogens with one attached hydrogen (secondary N) is 2. The lowest BCUT2D eigenvalue weighted by Crippen LogP contribution is -2.28. The molecule has 6 heteroatoms. The Labute approximate surface area is 119 Å². The van der Waals surface area contributed by atoms with Gasteiger partial charge in [0.2, 0.25) is 5.91 Å². The summed E-state index contributed by atoms with van der Waals surface area (Å²) in [6.45, 7) is 4.08. The summed E-state index contributed by atoms with van der Waals surface area (Å²) in [6.07, 6.45) is 0.401. The number of rotatable bonds is 9. The number of nitrogens with two attached hydrogens (primary N) is 1. The zero-order valence-electron chi connectivity index (χ0n) is 12.1. The minimum absolute atomic E-state index is 0.00460. The van der Waals surface area contributed by atoms with Gasteiger partial charge in [0, 0.05) is 38.4 Å². The molecular formula is C14H23N3O3. The summed E-state index contributed by atoms with van der Waals surface area (Å²) in [5, 5.41) is 5.93. The largest absolute Gasteiger partial charge is 0.492 e. The molecule has 6 nitrogen and oxygen atoms in total. The van der Waals surface area contributed by atoms with Gasteiger partial charge in [-0.1, -0.05) is 0 Å². The Morgan fingerprint density at radius 1 is 1.35 bits per heavy atom. The van der Waals surface area contributed by atoms with Gasteiger partial charge in [-0.15, -0.1) is 0 Å². The summed E-state index contributed by atoms with van der Waals surface area (Å²) in [5.41, 5.74) is 7.28. The second-order valence-electron chi connectivity index (χ2n) is 4.21. The molecule has 0 fully saturated rings. The molecule has 1 rings (SSSR count). The summed E-state index contributed by atoms with van der Waals surface area (Å²) in [7, 11) is 1.60. The molecule has 0 unspecified atom stereocenters. The fourth-order valence-corrected chi connectivity index (χ4v) is 1.63. The lowest BCUT2D eigenvalue weighted by Gasteiger charge is -2.11. The SMILES string of the molecule is CCOc1cc(NCCC(=O)NCCOC)ccc1N. The van der Waals surface area contributed by atoms with Crippen LogP contribution in [0.25, 0.3) is 0 Å². The molecule has 20 heavy (non-hydrogen) atoms. The third kappa shape index (κ3) is 5.79. The van der Waals surface area contributed by atoms with E-state index in [1.165, 1.54) is 0 Å². The number of nitrogen functional groups attached to an aromatic ring is 1. The van der Waals surface area contributed by atoms with Crippen molar-refractivity contribution < 1.29 is 14.3 Å². The number of hydrogen-bond donors (Lipinski definition) is 3. The molecular weight excluding hydrogens is 258 g/mol. The van der Waals surface area contributed by atoms with Crippen LogP contribution in [0.1, 0.15) is 13.3 Å². The Kier molecular flexibility index (Phi) is 7.27. The zero-order chi connectivity index (χ0) is 14.8. The summed E-state index contributed by atoms with van der Waals surface area (Å²) in [5.74, 6) is 0.650. The third-order valence-corrected chi connectivity index (χ3v) is 2.62. The first-order valence-electron chi connectivity index (χ1n) is 6.69. The van der Waals surface area contributed by atoms with E-state index in [1.807, 2.05) is 19.1 Å². The predicted octanol–water partition coefficient (Wildman–Crippen LogP) is 1.23. The number of carbonyl (C=O) groups excluding carboxylic acids is 1. The molecule has 0 aliphatic carbocycles. The van der Waals surface area contributed by atoms with Crippen molar-refractivity contribution in [1.29, 1.82) is 0 Å². The summed E-state index contributed by atoms with van der Waals surface area (Å²) in [6, 6.07) is 5.48. The van der Waals surface area contributed by atoms with Crippen LogP contribution in [0.2, 0.25) is 0 Å². The number of methoxy groups -OCH3 is 1. The van der Waals surface area contributed by atoms with Gasteiger partial charge in [0.05, 0.1) is 18.9 Å². The first-order valence-corrected chi connectivity index (χ1v) is 6.69. The van der Waals surface area contributed by atoms with Crippen molar-refractivity contribution in [3.63, 3.8) is 0 Å². The van der Waals surface area contributed by atoms with E-state index >= 15 is 0 Å². The molecule has 1 amide bonds. The molecule has 0 heterocycles. The van der Waals surface area contributed by atoms with Gasteiger partial charge in [-0.05, 0) is 19.1 Å². The van der Waals surface area contributed by atoms with Crippen LogP contribution in [0.4, 0.5) is 11.4 Å². The van der Waals surface area contributed by atoms with E-state index < -0.39 is 0 Å². The number of hydrogen-bond acceptors (Lipinski definition) is 5. The maximum atomic E-state index is 11.5. The molecule has 0 atom stereocenters. The fraction of sp³-hybridized carbons (Fsp3) is 0.500. The monoisotopic (exact) mass is 281 g/mol. The maximum Gasteiger partial charge on any atom is 0.221 e. The third-order valence-electron chi connectivity index (χ3n) is 2.62. The van der Waals surface area contributed by atoms with Gasteiger partial charge in [0.15, 0.2) is 0 Å². The van der Waals surface area contributed by atoms with Crippen molar-refractivity contribution >= 4 is 17.3 Å². The second-order valence-corrected chi connectivity index (χ2v) is 4.21. The zero-order valence-corrected chi connectivity index (χ0v) is 12.1. The Hall–Kier alpha value is -1.95. The van der Waals surface area contributed by atoms with E-state index in [0.29, 0.717) is 44.2 Å². The number of benzene rings is 1. The predicted molar refractivity (Wildman–Crippen MR) is 80.0 cm³/mol. The Morgan fingerprint density at radius 3 is 2.85 bits per heavy atom. The van der Waals surface area contributed by atoms with Crippen molar-refractivity contribution in [3.8, 4) is 5.75 Å². The van der Waals surface area contributed by atoms with Crippen molar-refractivity contribution in [3.05, 3.63) is 18.2 Å². The van der Waals surface area contributed by atoms with E-state index in [9.17, 15) is 4.79 Å². The highest BCUT2D eigenvalue weighted by Gasteiger charge is 2.03. The fourth-order valence-electron chi connectivity index (χ4n) is 1.63. The Bertz CT molecular complexity index is 424. The molecule has 4 N–H and O–H groups in total. The van der Waals surface area contributed by atoms with Crippen molar-refractivity contribution in [2.24, 2.45) is 0 Å². The molecule has 1 aromatic rings. The normalized spacial score (nSPS) is 10.1. The molecule has 0 saturated carbocycles. The molecule has 0 aromatic heterocycles. The van der Waals surface area contributed by atoms with Crippen LogP contribution in [0.5, 0.6) is 5.75 Å². The Morgan fingerprint density at radius 2 is 2.15 bits per heavy atom. The van der Waals surface area contributed by atoms with Gasteiger partial charge in [-0.3, -0.25) is 4.79 Å². The molecule has 0 aliphatic heterocycles. The highest BCUT2D eigenvalue weighted by atomic mass is 16.5. The van der Waals surface area contributed by atoms with Crippen LogP contribution in [-0.2, 0) is 9.53 Å². The van der Waals surface area contributed by atoms with Gasteiger partial charge < -0.3 is 25.8 Å². The maximum absolute atomic E-state index is 11.5. The van der Waals surface area contributed by atoms with Gasteiger partial charge in [-0.2, -0.15) is 0 Å². The van der Waals surface area contributed by atoms with Crippen molar-refractivity contribution in [1.82, 2.24) is 5.32 Å². The van der Waals surface area contributed by atoms with Crippen LogP contribution in [0.15, 0.2) is 18.2 Å². The number of carbonyl (C=O) groups is 1. The van der Waals surface area contributed by atoms with Gasteiger partial charge >= 0.3 is 0 Å². The topological polar surface area (TPSA) is 85.6 Å². The molecule has 0 spiro atoms. The van der Waals surface area contributed by atoms with Crippen molar-refractivity contribution in [2.75, 3.05) is 44.5 Å². The first-order chi connectivity index (χ1) is 9.67. The molecule has 1 aromatic carbocycles. The van der Waals surface area contributed by atoms with E-state index in [4.69, 9.17) is 15.2 Å². The van der Waals surface area contributed by atoms with Crippen LogP contribution in [0.3, 0.4) is 0 Å². The minimum atomic E-state index is -0.00460. The van der Waals surface area contributed by atoms with Crippen LogP contribution >= 0.6 is 0 Å². The van der Waals surface area contributed by atoms with Crippen LogP contribution in [0, 0.1) is 0 Å². The molecule has 0 radical (unpaired) electrons. The van der Waals surface area contributed by atoms with Crippen LogP contribution < -0.4 is 21.1 Å². The van der Waals surface area contributed by atoms with Crippen molar-refractivity contribution in [2.45, 2.75) is 13.3 Å². The smallest absolute Gasteiger partial charge is 0.221 e. The lowest BCUT2D eigenvalue weighted by atomic mass is 10.2. The quantitative estimate of drug-likeness (QED) is 0.468. The standard InChI is InChI=1S/C14H23N3O3/c1-3-20-13-10-11(4-5-12(13)15)16-7-6-14(18)17-8-9-19-2/h4-5,10,16H,3,6-9,15H2,1-2H3,(H,17,18). The molecule has 0 saturated heterocycles. The van der Waals surface area contributed by atoms with E-state index in [-0.39, 0.29) is 5.91 Å². The number of anilines is 2. The lowest BCUT2D eigenvalue weighted by molar-refractivity contribution is -0.121. The number of amides is 1. The molecule has 0 bridgehead atoms. The highest BCUT2D eigenvalue weighted by Crippen LogP contribution is 2.25. The van der Waals surface area contributed by atoms with Gasteiger partial charge in [0.25, 0.3) is 0 Å². The second kappa shape index (κ2) is 9.03. The van der Waals surface area contributed by atoms with E-state index in [1.54, 1.807) is 13.2 Å². The van der Waals surface area contributed by atoms with E-state index in [0.717, 1.165) is 5.69 Å². The highest BCUT2D eigenvalue weighted by molar-refractivity contribution is 5.76. The van der Waals surface area contributed by atoms with E-state index in [2.05, 4.69) is 10.6 Å². The average Bonchev–Trinajstić information content (AvgIpc) is 2.43. The first kappa shape index (κ1) is 16.1. The summed E-state index contributed by atoms with van der Waals surface area (Å²) >= 11 is 0. The Balaban J connectivity index is 2.34.